The quantitative estimate of drug-likeness (QED) is 0.285. The van der Waals surface area contributed by atoms with Gasteiger partial charge in [0.1, 0.15) is 0 Å². The highest BCUT2D eigenvalue weighted by Crippen LogP contribution is 2.29. The summed E-state index contributed by atoms with van der Waals surface area (Å²) in [6.45, 7) is 0. The lowest BCUT2D eigenvalue weighted by Gasteiger charge is -2.02. The van der Waals surface area contributed by atoms with E-state index in [2.05, 4.69) is 15.3 Å². The van der Waals surface area contributed by atoms with Gasteiger partial charge in [-0.2, -0.15) is 0 Å². The number of rotatable bonds is 7. The number of hydrogen-bond acceptors (Lipinski definition) is 6. The van der Waals surface area contributed by atoms with Crippen LogP contribution in [-0.2, 0) is 11.2 Å². The SMILES string of the molecule is O=C(CSc1nc(-c2ccccc2)cs1)Nc1ncc(Cc2ccc(Cl)cc2Cl)s1. The molecule has 0 aliphatic rings. The van der Waals surface area contributed by atoms with Crippen molar-refractivity contribution in [1.29, 1.82) is 0 Å². The molecule has 0 radical (unpaired) electrons. The van der Waals surface area contributed by atoms with Crippen molar-refractivity contribution in [2.24, 2.45) is 0 Å². The van der Waals surface area contributed by atoms with E-state index >= 15 is 0 Å². The topological polar surface area (TPSA) is 54.9 Å². The number of benzene rings is 2. The molecule has 0 aliphatic carbocycles. The predicted molar refractivity (Wildman–Crippen MR) is 128 cm³/mol. The minimum Gasteiger partial charge on any atom is -0.301 e. The number of thiazole rings is 2. The van der Waals surface area contributed by atoms with E-state index in [0.29, 0.717) is 21.6 Å². The van der Waals surface area contributed by atoms with Crippen LogP contribution in [0.3, 0.4) is 0 Å². The van der Waals surface area contributed by atoms with Crippen LogP contribution in [0.4, 0.5) is 5.13 Å². The van der Waals surface area contributed by atoms with Gasteiger partial charge in [-0.25, -0.2) is 9.97 Å². The fourth-order valence-electron chi connectivity index (χ4n) is 2.65. The molecule has 4 aromatic rings. The predicted octanol–water partition coefficient (Wildman–Crippen LogP) is 6.90. The Labute approximate surface area is 196 Å². The summed E-state index contributed by atoms with van der Waals surface area (Å²) in [5, 5.41) is 6.66. The molecule has 2 aromatic heterocycles. The van der Waals surface area contributed by atoms with Gasteiger partial charge in [-0.05, 0) is 17.7 Å². The zero-order valence-electron chi connectivity index (χ0n) is 15.5. The summed E-state index contributed by atoms with van der Waals surface area (Å²) in [5.41, 5.74) is 2.96. The van der Waals surface area contributed by atoms with E-state index in [-0.39, 0.29) is 11.7 Å². The molecule has 1 amide bonds. The first kappa shape index (κ1) is 21.3. The molecule has 30 heavy (non-hydrogen) atoms. The second kappa shape index (κ2) is 9.94. The Kier molecular flexibility index (Phi) is 7.07. The van der Waals surface area contributed by atoms with Crippen molar-refractivity contribution in [1.82, 2.24) is 9.97 Å². The van der Waals surface area contributed by atoms with Crippen LogP contribution in [0.1, 0.15) is 10.4 Å². The minimum absolute atomic E-state index is 0.109. The van der Waals surface area contributed by atoms with Crippen LogP contribution in [0, 0.1) is 0 Å². The summed E-state index contributed by atoms with van der Waals surface area (Å²) in [7, 11) is 0. The fourth-order valence-corrected chi connectivity index (χ4v) is 5.61. The number of halogens is 2. The lowest BCUT2D eigenvalue weighted by molar-refractivity contribution is -0.113. The molecule has 0 unspecified atom stereocenters. The zero-order chi connectivity index (χ0) is 20.9. The van der Waals surface area contributed by atoms with Crippen LogP contribution in [0.15, 0.2) is 64.4 Å². The number of nitrogens with one attached hydrogen (secondary N) is 1. The van der Waals surface area contributed by atoms with Gasteiger partial charge in [-0.3, -0.25) is 4.79 Å². The van der Waals surface area contributed by atoms with E-state index in [1.807, 2.05) is 47.8 Å². The van der Waals surface area contributed by atoms with Gasteiger partial charge < -0.3 is 5.32 Å². The Hall–Kier alpha value is -1.90. The highest BCUT2D eigenvalue weighted by molar-refractivity contribution is 8.01. The molecule has 0 spiro atoms. The largest absolute Gasteiger partial charge is 0.301 e. The highest BCUT2D eigenvalue weighted by atomic mass is 35.5. The monoisotopic (exact) mass is 491 g/mol. The average Bonchev–Trinajstić information content (AvgIpc) is 3.39. The first-order valence-electron chi connectivity index (χ1n) is 8.89. The molecule has 0 fully saturated rings. The van der Waals surface area contributed by atoms with Crippen molar-refractivity contribution >= 4 is 68.7 Å². The molecule has 9 heteroatoms. The van der Waals surface area contributed by atoms with Crippen molar-refractivity contribution in [3.63, 3.8) is 0 Å². The summed E-state index contributed by atoms with van der Waals surface area (Å²) in [6, 6.07) is 15.4. The van der Waals surface area contributed by atoms with Crippen molar-refractivity contribution in [3.05, 3.63) is 80.6 Å². The van der Waals surface area contributed by atoms with Gasteiger partial charge in [0.2, 0.25) is 5.91 Å². The molecule has 1 N–H and O–H groups in total. The molecule has 2 heterocycles. The first-order chi connectivity index (χ1) is 14.6. The molecular weight excluding hydrogens is 477 g/mol. The number of amides is 1. The summed E-state index contributed by atoms with van der Waals surface area (Å²) in [4.78, 5) is 22.2. The number of carbonyl (C=O) groups is 1. The molecule has 0 bridgehead atoms. The summed E-state index contributed by atoms with van der Waals surface area (Å²) in [5.74, 6) is 0.168. The zero-order valence-corrected chi connectivity index (χ0v) is 19.4. The van der Waals surface area contributed by atoms with Crippen LogP contribution in [0.2, 0.25) is 10.0 Å². The Balaban J connectivity index is 1.30. The van der Waals surface area contributed by atoms with E-state index in [0.717, 1.165) is 26.0 Å². The summed E-state index contributed by atoms with van der Waals surface area (Å²) in [6.07, 6.45) is 2.39. The van der Waals surface area contributed by atoms with Crippen molar-refractivity contribution in [2.75, 3.05) is 11.1 Å². The molecule has 4 rings (SSSR count). The van der Waals surface area contributed by atoms with Crippen LogP contribution in [0.5, 0.6) is 0 Å². The number of hydrogen-bond donors (Lipinski definition) is 1. The third kappa shape index (κ3) is 5.62. The summed E-state index contributed by atoms with van der Waals surface area (Å²) < 4.78 is 0.862. The van der Waals surface area contributed by atoms with Crippen molar-refractivity contribution < 1.29 is 4.79 Å². The smallest absolute Gasteiger partial charge is 0.236 e. The third-order valence-corrected chi connectivity index (χ3v) is 7.58. The molecule has 2 aromatic carbocycles. The van der Waals surface area contributed by atoms with Gasteiger partial charge in [0.05, 0.1) is 11.4 Å². The molecule has 4 nitrogen and oxygen atoms in total. The van der Waals surface area contributed by atoms with Crippen LogP contribution >= 0.6 is 57.6 Å². The maximum absolute atomic E-state index is 12.3. The summed E-state index contributed by atoms with van der Waals surface area (Å²) >= 11 is 16.6. The second-order valence-corrected chi connectivity index (χ2v) is 10.3. The molecular formula is C21H15Cl2N3OS3. The fraction of sp³-hybridized carbons (Fsp3) is 0.0952. The van der Waals surface area contributed by atoms with Crippen LogP contribution < -0.4 is 5.32 Å². The van der Waals surface area contributed by atoms with E-state index in [4.69, 9.17) is 23.2 Å². The minimum atomic E-state index is -0.109. The van der Waals surface area contributed by atoms with E-state index < -0.39 is 0 Å². The molecule has 0 aliphatic heterocycles. The van der Waals surface area contributed by atoms with Gasteiger partial charge >= 0.3 is 0 Å². The lowest BCUT2D eigenvalue weighted by Crippen LogP contribution is -2.13. The van der Waals surface area contributed by atoms with E-state index in [1.165, 1.54) is 34.4 Å². The van der Waals surface area contributed by atoms with Gasteiger partial charge in [-0.1, -0.05) is 71.4 Å². The highest BCUT2D eigenvalue weighted by Gasteiger charge is 2.11. The second-order valence-electron chi connectivity index (χ2n) is 6.25. The van der Waals surface area contributed by atoms with Gasteiger partial charge in [-0.15, -0.1) is 22.7 Å². The van der Waals surface area contributed by atoms with Gasteiger partial charge in [0.15, 0.2) is 9.47 Å². The Bertz CT molecular complexity index is 1160. The number of nitrogens with zero attached hydrogens (tertiary/aromatic N) is 2. The lowest BCUT2D eigenvalue weighted by atomic mass is 10.1. The normalized spacial score (nSPS) is 10.9. The standard InChI is InChI=1S/C21H15Cl2N3OS3/c22-15-7-6-14(17(23)9-15)8-16-10-24-20(30-16)26-19(27)12-29-21-25-18(11-28-21)13-4-2-1-3-5-13/h1-7,9-11H,8,12H2,(H,24,26,27). The Morgan fingerprint density at radius 3 is 2.77 bits per heavy atom. The Morgan fingerprint density at radius 1 is 1.13 bits per heavy atom. The van der Waals surface area contributed by atoms with Crippen LogP contribution in [-0.4, -0.2) is 21.6 Å². The third-order valence-electron chi connectivity index (χ3n) is 4.06. The maximum Gasteiger partial charge on any atom is 0.236 e. The molecule has 0 saturated heterocycles. The molecule has 0 atom stereocenters. The number of carbonyl (C=O) groups excluding carboxylic acids is 1. The first-order valence-corrected chi connectivity index (χ1v) is 12.3. The van der Waals surface area contributed by atoms with Crippen molar-refractivity contribution in [2.45, 2.75) is 10.8 Å². The van der Waals surface area contributed by atoms with E-state index in [9.17, 15) is 4.79 Å². The van der Waals surface area contributed by atoms with Crippen molar-refractivity contribution in [3.8, 4) is 11.3 Å². The average molecular weight is 492 g/mol. The molecule has 152 valence electrons. The maximum atomic E-state index is 12.3. The number of anilines is 1. The van der Waals surface area contributed by atoms with Gasteiger partial charge in [0.25, 0.3) is 0 Å². The van der Waals surface area contributed by atoms with E-state index in [1.54, 1.807) is 12.3 Å². The molecule has 0 saturated carbocycles. The Morgan fingerprint density at radius 2 is 1.97 bits per heavy atom. The number of thioether (sulfide) groups is 1. The van der Waals surface area contributed by atoms with Crippen LogP contribution in [0.25, 0.3) is 11.3 Å². The number of aromatic nitrogens is 2. The van der Waals surface area contributed by atoms with Gasteiger partial charge in [0, 0.05) is 38.5 Å².